The Morgan fingerprint density at radius 2 is 1.85 bits per heavy atom. The van der Waals surface area contributed by atoms with E-state index < -0.39 is 5.60 Å². The van der Waals surface area contributed by atoms with Gasteiger partial charge in [-0.3, -0.25) is 9.59 Å². The van der Waals surface area contributed by atoms with Gasteiger partial charge in [0.2, 0.25) is 0 Å². The monoisotopic (exact) mass is 370 g/mol. The standard InChI is InChI=1S/C20H19ClN2O3/c1-20(2,26)12-23-11-10-13-14(19(23)25)7-5-9-17(13)22-18(24)15-6-3-4-8-16(15)21/h3-11,26H,12H2,1-2H3,(H,22,24). The lowest BCUT2D eigenvalue weighted by molar-refractivity contribution is 0.0606. The topological polar surface area (TPSA) is 71.3 Å². The van der Waals surface area contributed by atoms with Crippen molar-refractivity contribution in [3.8, 4) is 0 Å². The lowest BCUT2D eigenvalue weighted by Crippen LogP contribution is -2.32. The molecule has 1 amide bonds. The van der Waals surface area contributed by atoms with E-state index in [9.17, 15) is 14.7 Å². The van der Waals surface area contributed by atoms with Crippen molar-refractivity contribution >= 4 is 34.0 Å². The zero-order chi connectivity index (χ0) is 18.9. The third-order valence-corrected chi connectivity index (χ3v) is 4.27. The highest BCUT2D eigenvalue weighted by molar-refractivity contribution is 6.34. The number of aromatic nitrogens is 1. The van der Waals surface area contributed by atoms with Gasteiger partial charge in [0.25, 0.3) is 11.5 Å². The smallest absolute Gasteiger partial charge is 0.258 e. The molecule has 0 aliphatic carbocycles. The zero-order valence-electron chi connectivity index (χ0n) is 14.5. The Labute approximate surface area is 155 Å². The fourth-order valence-electron chi connectivity index (χ4n) is 2.80. The van der Waals surface area contributed by atoms with E-state index in [2.05, 4.69) is 5.32 Å². The third-order valence-electron chi connectivity index (χ3n) is 3.94. The predicted octanol–water partition coefficient (Wildman–Crippen LogP) is 3.68. The summed E-state index contributed by atoms with van der Waals surface area (Å²) in [6.45, 7) is 3.46. The molecule has 5 nitrogen and oxygen atoms in total. The Morgan fingerprint density at radius 1 is 1.12 bits per heavy atom. The van der Waals surface area contributed by atoms with E-state index in [-0.39, 0.29) is 18.0 Å². The molecule has 0 aliphatic rings. The molecular formula is C20H19ClN2O3. The van der Waals surface area contributed by atoms with Gasteiger partial charge in [-0.05, 0) is 44.2 Å². The van der Waals surface area contributed by atoms with Crippen LogP contribution in [0.5, 0.6) is 0 Å². The summed E-state index contributed by atoms with van der Waals surface area (Å²) in [5.41, 5.74) is -0.340. The van der Waals surface area contributed by atoms with E-state index in [1.165, 1.54) is 4.57 Å². The van der Waals surface area contributed by atoms with Gasteiger partial charge in [-0.25, -0.2) is 0 Å². The number of pyridine rings is 1. The molecule has 26 heavy (non-hydrogen) atoms. The molecule has 0 saturated heterocycles. The maximum absolute atomic E-state index is 12.7. The lowest BCUT2D eigenvalue weighted by Gasteiger charge is -2.19. The zero-order valence-corrected chi connectivity index (χ0v) is 15.2. The molecule has 0 aliphatic heterocycles. The second-order valence-electron chi connectivity index (χ2n) is 6.76. The molecule has 0 spiro atoms. The molecule has 0 saturated carbocycles. The van der Waals surface area contributed by atoms with E-state index in [0.29, 0.717) is 27.0 Å². The molecule has 0 radical (unpaired) electrons. The van der Waals surface area contributed by atoms with E-state index in [4.69, 9.17) is 11.6 Å². The highest BCUT2D eigenvalue weighted by Gasteiger charge is 2.16. The van der Waals surface area contributed by atoms with E-state index in [0.717, 1.165) is 0 Å². The number of hydrogen-bond donors (Lipinski definition) is 2. The van der Waals surface area contributed by atoms with Crippen LogP contribution in [0.15, 0.2) is 59.5 Å². The van der Waals surface area contributed by atoms with Crippen molar-refractivity contribution in [2.75, 3.05) is 5.32 Å². The van der Waals surface area contributed by atoms with E-state index in [1.54, 1.807) is 68.6 Å². The molecule has 134 valence electrons. The molecule has 3 aromatic rings. The van der Waals surface area contributed by atoms with Crippen LogP contribution in [0.1, 0.15) is 24.2 Å². The largest absolute Gasteiger partial charge is 0.389 e. The Morgan fingerprint density at radius 3 is 2.54 bits per heavy atom. The van der Waals surface area contributed by atoms with Gasteiger partial charge in [-0.2, -0.15) is 0 Å². The molecule has 0 bridgehead atoms. The first kappa shape index (κ1) is 18.2. The van der Waals surface area contributed by atoms with Crippen LogP contribution in [0, 0.1) is 0 Å². The maximum atomic E-state index is 12.7. The van der Waals surface area contributed by atoms with Gasteiger partial charge < -0.3 is 15.0 Å². The molecule has 0 fully saturated rings. The van der Waals surface area contributed by atoms with Crippen LogP contribution in [0.2, 0.25) is 5.02 Å². The van der Waals surface area contributed by atoms with Crippen LogP contribution in [0.4, 0.5) is 5.69 Å². The normalized spacial score (nSPS) is 11.5. The number of hydrogen-bond acceptors (Lipinski definition) is 3. The Hall–Kier alpha value is -2.63. The molecular weight excluding hydrogens is 352 g/mol. The highest BCUT2D eigenvalue weighted by Crippen LogP contribution is 2.23. The summed E-state index contributed by atoms with van der Waals surface area (Å²) in [6.07, 6.45) is 1.62. The minimum Gasteiger partial charge on any atom is -0.389 e. The molecule has 3 rings (SSSR count). The SMILES string of the molecule is CC(C)(O)Cn1ccc2c(NC(=O)c3ccccc3Cl)cccc2c1=O. The number of benzene rings is 2. The molecule has 1 aromatic heterocycles. The van der Waals surface area contributed by atoms with Crippen molar-refractivity contribution in [2.45, 2.75) is 26.0 Å². The first-order valence-electron chi connectivity index (χ1n) is 8.17. The number of fused-ring (bicyclic) bond motifs is 1. The number of aliphatic hydroxyl groups is 1. The summed E-state index contributed by atoms with van der Waals surface area (Å²) in [5.74, 6) is -0.344. The molecule has 2 N–H and O–H groups in total. The quantitative estimate of drug-likeness (QED) is 0.736. The summed E-state index contributed by atoms with van der Waals surface area (Å²) in [7, 11) is 0. The number of halogens is 1. The second-order valence-corrected chi connectivity index (χ2v) is 7.17. The third kappa shape index (κ3) is 3.79. The summed E-state index contributed by atoms with van der Waals surface area (Å²) >= 11 is 6.07. The number of amides is 1. The van der Waals surface area contributed by atoms with Crippen molar-refractivity contribution < 1.29 is 9.90 Å². The Kier molecular flexibility index (Phi) is 4.85. The highest BCUT2D eigenvalue weighted by atomic mass is 35.5. The number of nitrogens with zero attached hydrogens (tertiary/aromatic N) is 1. The average molecular weight is 371 g/mol. The number of carbonyl (C=O) groups is 1. The maximum Gasteiger partial charge on any atom is 0.258 e. The number of nitrogens with one attached hydrogen (secondary N) is 1. The van der Waals surface area contributed by atoms with Crippen LogP contribution < -0.4 is 10.9 Å². The molecule has 0 unspecified atom stereocenters. The molecule has 0 atom stereocenters. The van der Waals surface area contributed by atoms with Crippen LogP contribution in [0.25, 0.3) is 10.8 Å². The van der Waals surface area contributed by atoms with Gasteiger partial charge in [0.1, 0.15) is 0 Å². The number of carbonyl (C=O) groups excluding carboxylic acids is 1. The van der Waals surface area contributed by atoms with Gasteiger partial charge in [0.15, 0.2) is 0 Å². The predicted molar refractivity (Wildman–Crippen MR) is 104 cm³/mol. The number of rotatable bonds is 4. The number of anilines is 1. The van der Waals surface area contributed by atoms with Gasteiger partial charge in [0, 0.05) is 22.7 Å². The van der Waals surface area contributed by atoms with Crippen molar-refractivity contribution in [3.63, 3.8) is 0 Å². The fraction of sp³-hybridized carbons (Fsp3) is 0.200. The van der Waals surface area contributed by atoms with Crippen LogP contribution >= 0.6 is 11.6 Å². The minimum absolute atomic E-state index is 0.179. The van der Waals surface area contributed by atoms with Crippen LogP contribution in [0.3, 0.4) is 0 Å². The molecule has 1 heterocycles. The van der Waals surface area contributed by atoms with Gasteiger partial charge in [0.05, 0.1) is 22.7 Å². The van der Waals surface area contributed by atoms with Crippen molar-refractivity contribution in [1.29, 1.82) is 0 Å². The van der Waals surface area contributed by atoms with Gasteiger partial charge in [-0.15, -0.1) is 0 Å². The fourth-order valence-corrected chi connectivity index (χ4v) is 3.03. The first-order valence-corrected chi connectivity index (χ1v) is 8.54. The van der Waals surface area contributed by atoms with Gasteiger partial charge in [-0.1, -0.05) is 29.8 Å². The first-order chi connectivity index (χ1) is 12.3. The summed E-state index contributed by atoms with van der Waals surface area (Å²) in [5, 5.41) is 14.2. The Balaban J connectivity index is 2.00. The van der Waals surface area contributed by atoms with Crippen molar-refractivity contribution in [3.05, 3.63) is 75.7 Å². The summed E-state index contributed by atoms with van der Waals surface area (Å²) in [6, 6.07) is 13.7. The lowest BCUT2D eigenvalue weighted by atomic mass is 10.1. The van der Waals surface area contributed by atoms with Crippen LogP contribution in [-0.2, 0) is 6.54 Å². The van der Waals surface area contributed by atoms with Crippen LogP contribution in [-0.4, -0.2) is 21.2 Å². The van der Waals surface area contributed by atoms with E-state index >= 15 is 0 Å². The Bertz CT molecular complexity index is 1040. The summed E-state index contributed by atoms with van der Waals surface area (Å²) < 4.78 is 1.46. The van der Waals surface area contributed by atoms with E-state index in [1.807, 2.05) is 0 Å². The average Bonchev–Trinajstić information content (AvgIpc) is 2.57. The van der Waals surface area contributed by atoms with Crippen molar-refractivity contribution in [2.24, 2.45) is 0 Å². The second kappa shape index (κ2) is 6.94. The molecule has 2 aromatic carbocycles. The minimum atomic E-state index is -1.01. The summed E-state index contributed by atoms with van der Waals surface area (Å²) in [4.78, 5) is 25.2. The van der Waals surface area contributed by atoms with Crippen molar-refractivity contribution in [1.82, 2.24) is 4.57 Å². The van der Waals surface area contributed by atoms with Gasteiger partial charge >= 0.3 is 0 Å². The molecule has 6 heteroatoms.